The average molecular weight is 269 g/mol. The second kappa shape index (κ2) is 5.80. The molecule has 3 heteroatoms. The topological polar surface area (TPSA) is 29.9 Å². The number of nitrogens with one attached hydrogen (secondary N) is 1. The van der Waals surface area contributed by atoms with Crippen molar-refractivity contribution in [3.05, 3.63) is 47.8 Å². The molecule has 0 saturated carbocycles. The van der Waals surface area contributed by atoms with Gasteiger partial charge in [-0.2, -0.15) is 5.10 Å². The number of hydrogen-bond donors (Lipinski definition) is 1. The average Bonchev–Trinajstić information content (AvgIpc) is 3.10. The van der Waals surface area contributed by atoms with E-state index in [2.05, 4.69) is 65.5 Å². The first kappa shape index (κ1) is 13.4. The molecule has 0 aliphatic carbocycles. The molecule has 1 aromatic carbocycles. The molecule has 1 aliphatic rings. The van der Waals surface area contributed by atoms with Crippen molar-refractivity contribution < 1.29 is 0 Å². The molecule has 0 amide bonds. The van der Waals surface area contributed by atoms with Crippen molar-refractivity contribution in [1.82, 2.24) is 15.1 Å². The van der Waals surface area contributed by atoms with Crippen LogP contribution >= 0.6 is 0 Å². The smallest absolute Gasteiger partial charge is 0.0648 e. The second-order valence-corrected chi connectivity index (χ2v) is 6.01. The highest BCUT2D eigenvalue weighted by Crippen LogP contribution is 2.26. The maximum absolute atomic E-state index is 4.65. The van der Waals surface area contributed by atoms with Gasteiger partial charge in [-0.25, -0.2) is 4.68 Å². The molecule has 3 rings (SSSR count). The van der Waals surface area contributed by atoms with E-state index in [9.17, 15) is 0 Å². The Balaban J connectivity index is 1.97. The summed E-state index contributed by atoms with van der Waals surface area (Å²) < 4.78 is 2.13. The Kier molecular flexibility index (Phi) is 3.88. The Morgan fingerprint density at radius 3 is 2.75 bits per heavy atom. The van der Waals surface area contributed by atoms with Gasteiger partial charge in [-0.3, -0.25) is 0 Å². The molecule has 1 N–H and O–H groups in total. The summed E-state index contributed by atoms with van der Waals surface area (Å²) in [5.74, 6) is 1.27. The van der Waals surface area contributed by atoms with Gasteiger partial charge in [0.05, 0.1) is 11.9 Å². The van der Waals surface area contributed by atoms with Crippen LogP contribution in [0.25, 0.3) is 5.69 Å². The summed E-state index contributed by atoms with van der Waals surface area (Å²) in [6.45, 7) is 6.80. The van der Waals surface area contributed by atoms with E-state index >= 15 is 0 Å². The van der Waals surface area contributed by atoms with Gasteiger partial charge in [0.15, 0.2) is 0 Å². The summed E-state index contributed by atoms with van der Waals surface area (Å²) in [7, 11) is 0. The van der Waals surface area contributed by atoms with Crippen molar-refractivity contribution >= 4 is 0 Å². The molecule has 1 aliphatic heterocycles. The lowest BCUT2D eigenvalue weighted by Crippen LogP contribution is -2.14. The monoisotopic (exact) mass is 269 g/mol. The van der Waals surface area contributed by atoms with E-state index in [0.717, 1.165) is 25.4 Å². The molecule has 1 saturated heterocycles. The molecule has 3 nitrogen and oxygen atoms in total. The first-order valence-electron chi connectivity index (χ1n) is 7.58. The fourth-order valence-electron chi connectivity index (χ4n) is 3.03. The molecule has 20 heavy (non-hydrogen) atoms. The van der Waals surface area contributed by atoms with Crippen molar-refractivity contribution in [2.24, 2.45) is 5.92 Å². The van der Waals surface area contributed by atoms with Crippen molar-refractivity contribution in [3.8, 4) is 5.69 Å². The lowest BCUT2D eigenvalue weighted by Gasteiger charge is -2.15. The van der Waals surface area contributed by atoms with Crippen LogP contribution in [0.5, 0.6) is 0 Å². The number of para-hydroxylation sites is 1. The third kappa shape index (κ3) is 2.63. The minimum absolute atomic E-state index is 0.525. The minimum atomic E-state index is 0.525. The van der Waals surface area contributed by atoms with E-state index < -0.39 is 0 Å². The van der Waals surface area contributed by atoms with Crippen LogP contribution in [0.4, 0.5) is 0 Å². The Labute approximate surface area is 121 Å². The van der Waals surface area contributed by atoms with E-state index in [1.54, 1.807) is 0 Å². The van der Waals surface area contributed by atoms with Crippen molar-refractivity contribution in [2.75, 3.05) is 13.1 Å². The fourth-order valence-corrected chi connectivity index (χ4v) is 3.03. The zero-order valence-corrected chi connectivity index (χ0v) is 12.3. The van der Waals surface area contributed by atoms with E-state index in [1.165, 1.54) is 23.4 Å². The van der Waals surface area contributed by atoms with Crippen molar-refractivity contribution in [3.63, 3.8) is 0 Å². The molecule has 2 aromatic rings. The van der Waals surface area contributed by atoms with Crippen molar-refractivity contribution in [1.29, 1.82) is 0 Å². The van der Waals surface area contributed by atoms with E-state index in [-0.39, 0.29) is 0 Å². The van der Waals surface area contributed by atoms with Crippen LogP contribution < -0.4 is 5.32 Å². The van der Waals surface area contributed by atoms with Crippen LogP contribution in [-0.2, 0) is 6.42 Å². The third-order valence-electron chi connectivity index (χ3n) is 4.17. The molecule has 0 bridgehead atoms. The number of nitrogens with zero attached hydrogens (tertiary/aromatic N) is 2. The molecular formula is C17H23N3. The molecule has 1 atom stereocenters. The molecule has 0 spiro atoms. The highest BCUT2D eigenvalue weighted by Gasteiger charge is 2.21. The summed E-state index contributed by atoms with van der Waals surface area (Å²) in [4.78, 5) is 0. The van der Waals surface area contributed by atoms with E-state index in [1.807, 2.05) is 0 Å². The van der Waals surface area contributed by atoms with Gasteiger partial charge < -0.3 is 5.32 Å². The molecule has 1 fully saturated rings. The summed E-state index contributed by atoms with van der Waals surface area (Å²) in [6.07, 6.45) is 4.45. The quantitative estimate of drug-likeness (QED) is 0.924. The normalized spacial score (nSPS) is 18.9. The van der Waals surface area contributed by atoms with Crippen LogP contribution in [0, 0.1) is 5.92 Å². The number of aromatic nitrogens is 2. The fraction of sp³-hybridized carbons (Fsp3) is 0.471. The Hall–Kier alpha value is -1.61. The van der Waals surface area contributed by atoms with Crippen molar-refractivity contribution in [2.45, 2.75) is 32.6 Å². The Morgan fingerprint density at radius 2 is 2.10 bits per heavy atom. The van der Waals surface area contributed by atoms with E-state index in [0.29, 0.717) is 5.92 Å². The summed E-state index contributed by atoms with van der Waals surface area (Å²) >= 11 is 0. The second-order valence-electron chi connectivity index (χ2n) is 6.01. The lowest BCUT2D eigenvalue weighted by molar-refractivity contribution is 0.555. The first-order valence-corrected chi connectivity index (χ1v) is 7.58. The van der Waals surface area contributed by atoms with Gasteiger partial charge >= 0.3 is 0 Å². The van der Waals surface area contributed by atoms with Gasteiger partial charge in [-0.1, -0.05) is 32.0 Å². The van der Waals surface area contributed by atoms with Crippen LogP contribution in [0.15, 0.2) is 36.5 Å². The zero-order valence-electron chi connectivity index (χ0n) is 12.3. The van der Waals surface area contributed by atoms with Crippen LogP contribution in [0.3, 0.4) is 0 Å². The first-order chi connectivity index (χ1) is 9.75. The molecule has 106 valence electrons. The van der Waals surface area contributed by atoms with Gasteiger partial charge in [0.1, 0.15) is 0 Å². The zero-order chi connectivity index (χ0) is 13.9. The highest BCUT2D eigenvalue weighted by atomic mass is 15.3. The predicted molar refractivity (Wildman–Crippen MR) is 82.3 cm³/mol. The summed E-state index contributed by atoms with van der Waals surface area (Å²) in [5, 5.41) is 8.11. The summed E-state index contributed by atoms with van der Waals surface area (Å²) in [6, 6.07) is 10.5. The maximum atomic E-state index is 4.65. The molecule has 1 unspecified atom stereocenters. The number of benzene rings is 1. The number of hydrogen-bond acceptors (Lipinski definition) is 2. The Bertz CT molecular complexity index is 551. The molecule has 1 aromatic heterocycles. The van der Waals surface area contributed by atoms with Gasteiger partial charge in [0.2, 0.25) is 0 Å². The third-order valence-corrected chi connectivity index (χ3v) is 4.17. The van der Waals surface area contributed by atoms with E-state index in [4.69, 9.17) is 0 Å². The largest absolute Gasteiger partial charge is 0.316 e. The molecule has 0 radical (unpaired) electrons. The molecule has 2 heterocycles. The van der Waals surface area contributed by atoms with Gasteiger partial charge in [0, 0.05) is 5.69 Å². The van der Waals surface area contributed by atoms with Crippen LogP contribution in [0.2, 0.25) is 0 Å². The van der Waals surface area contributed by atoms with Crippen LogP contribution in [-0.4, -0.2) is 22.9 Å². The standard InChI is InChI=1S/C17H23N3/c1-13(2)16-12-19-20(15-6-4-3-5-7-15)17(16)10-14-8-9-18-11-14/h3-7,12-14,18H,8-11H2,1-2H3. The maximum Gasteiger partial charge on any atom is 0.0648 e. The van der Waals surface area contributed by atoms with Gasteiger partial charge in [-0.15, -0.1) is 0 Å². The van der Waals surface area contributed by atoms with Gasteiger partial charge in [0.25, 0.3) is 0 Å². The summed E-state index contributed by atoms with van der Waals surface area (Å²) in [5.41, 5.74) is 3.95. The van der Waals surface area contributed by atoms with Crippen LogP contribution in [0.1, 0.15) is 37.4 Å². The predicted octanol–water partition coefficient (Wildman–Crippen LogP) is 3.15. The molecular weight excluding hydrogens is 246 g/mol. The Morgan fingerprint density at radius 1 is 1.30 bits per heavy atom. The van der Waals surface area contributed by atoms with Gasteiger partial charge in [-0.05, 0) is 55.5 Å². The minimum Gasteiger partial charge on any atom is -0.316 e. The SMILES string of the molecule is CC(C)c1cnn(-c2ccccc2)c1CC1CCNC1. The number of rotatable bonds is 4. The highest BCUT2D eigenvalue weighted by molar-refractivity contribution is 5.36. The lowest BCUT2D eigenvalue weighted by atomic mass is 9.95.